The fourth-order valence-corrected chi connectivity index (χ4v) is 4.75. The third-order valence-electron chi connectivity index (χ3n) is 6.48. The Hall–Kier alpha value is -2.38. The molecule has 0 spiro atoms. The first-order valence-electron chi connectivity index (χ1n) is 13.4. The van der Waals surface area contributed by atoms with Gasteiger partial charge in [-0.15, -0.1) is 0 Å². The minimum atomic E-state index is -1.19. The van der Waals surface area contributed by atoms with Gasteiger partial charge in [0, 0.05) is 5.56 Å². The van der Waals surface area contributed by atoms with Crippen LogP contribution in [0.4, 0.5) is 0 Å². The highest BCUT2D eigenvalue weighted by Gasteiger charge is 2.48. The SMILES string of the molecule is CCCC1CCC(/C=C/COc2ccc(C3O[C@@H](C(=O)OC(C)C)[C@H](C(=O)OC(C)C)O3)cc2)CC1. The number of hydrogen-bond donors (Lipinski definition) is 0. The van der Waals surface area contributed by atoms with Crippen LogP contribution in [0, 0.1) is 11.8 Å². The van der Waals surface area contributed by atoms with Crippen molar-refractivity contribution in [3.8, 4) is 5.75 Å². The summed E-state index contributed by atoms with van der Waals surface area (Å²) in [6.45, 7) is 9.72. The molecule has 3 rings (SSSR count). The van der Waals surface area contributed by atoms with Gasteiger partial charge in [-0.05, 0) is 77.3 Å². The maximum Gasteiger partial charge on any atom is 0.339 e. The van der Waals surface area contributed by atoms with E-state index >= 15 is 0 Å². The van der Waals surface area contributed by atoms with Gasteiger partial charge in [-0.2, -0.15) is 0 Å². The summed E-state index contributed by atoms with van der Waals surface area (Å²) in [5, 5.41) is 0. The fourth-order valence-electron chi connectivity index (χ4n) is 4.75. The van der Waals surface area contributed by atoms with E-state index in [1.165, 1.54) is 38.5 Å². The lowest BCUT2D eigenvalue weighted by Crippen LogP contribution is -2.40. The van der Waals surface area contributed by atoms with Crippen molar-refractivity contribution < 1.29 is 33.3 Å². The predicted octanol–water partition coefficient (Wildman–Crippen LogP) is 5.91. The fraction of sp³-hybridized carbons (Fsp3) is 0.655. The number of allylic oxidation sites excluding steroid dienone is 1. The van der Waals surface area contributed by atoms with Crippen molar-refractivity contribution in [2.24, 2.45) is 11.8 Å². The zero-order valence-electron chi connectivity index (χ0n) is 22.3. The molecule has 36 heavy (non-hydrogen) atoms. The average molecular weight is 503 g/mol. The average Bonchev–Trinajstić information content (AvgIpc) is 3.29. The Labute approximate surface area is 215 Å². The monoisotopic (exact) mass is 502 g/mol. The summed E-state index contributed by atoms with van der Waals surface area (Å²) in [7, 11) is 0. The lowest BCUT2D eigenvalue weighted by molar-refractivity contribution is -0.167. The van der Waals surface area contributed by atoms with Crippen molar-refractivity contribution in [3.63, 3.8) is 0 Å². The van der Waals surface area contributed by atoms with Crippen LogP contribution >= 0.6 is 0 Å². The van der Waals surface area contributed by atoms with Crippen LogP contribution in [0.1, 0.15) is 85.0 Å². The quantitative estimate of drug-likeness (QED) is 0.275. The number of carbonyl (C=O) groups is 2. The molecule has 1 aromatic carbocycles. The van der Waals surface area contributed by atoms with Crippen molar-refractivity contribution in [3.05, 3.63) is 42.0 Å². The van der Waals surface area contributed by atoms with E-state index in [0.29, 0.717) is 18.1 Å². The molecule has 1 heterocycles. The molecule has 0 aromatic heterocycles. The van der Waals surface area contributed by atoms with Gasteiger partial charge in [0.15, 0.2) is 18.5 Å². The van der Waals surface area contributed by atoms with E-state index in [-0.39, 0.29) is 12.2 Å². The molecule has 1 saturated heterocycles. The number of benzene rings is 1. The smallest absolute Gasteiger partial charge is 0.339 e. The van der Waals surface area contributed by atoms with Crippen molar-refractivity contribution >= 4 is 11.9 Å². The van der Waals surface area contributed by atoms with Gasteiger partial charge in [-0.1, -0.05) is 44.1 Å². The Kier molecular flexibility index (Phi) is 10.8. The Morgan fingerprint density at radius 1 is 0.917 bits per heavy atom. The lowest BCUT2D eigenvalue weighted by Gasteiger charge is -2.26. The van der Waals surface area contributed by atoms with Crippen molar-refractivity contribution in [1.82, 2.24) is 0 Å². The van der Waals surface area contributed by atoms with Crippen molar-refractivity contribution in [2.75, 3.05) is 6.61 Å². The van der Waals surface area contributed by atoms with E-state index in [1.54, 1.807) is 39.8 Å². The summed E-state index contributed by atoms with van der Waals surface area (Å²) >= 11 is 0. The van der Waals surface area contributed by atoms with Gasteiger partial charge in [-0.3, -0.25) is 0 Å². The van der Waals surface area contributed by atoms with Crippen LogP contribution in [-0.4, -0.2) is 43.0 Å². The van der Waals surface area contributed by atoms with Gasteiger partial charge in [0.05, 0.1) is 12.2 Å². The van der Waals surface area contributed by atoms with Gasteiger partial charge in [0.25, 0.3) is 0 Å². The minimum Gasteiger partial charge on any atom is -0.490 e. The maximum absolute atomic E-state index is 12.5. The molecule has 0 bridgehead atoms. The first-order chi connectivity index (χ1) is 17.3. The topological polar surface area (TPSA) is 80.3 Å². The molecule has 0 N–H and O–H groups in total. The van der Waals surface area contributed by atoms with Crippen molar-refractivity contribution in [1.29, 1.82) is 0 Å². The van der Waals surface area contributed by atoms with Crippen LogP contribution < -0.4 is 4.74 Å². The first kappa shape index (κ1) is 28.2. The summed E-state index contributed by atoms with van der Waals surface area (Å²) in [4.78, 5) is 25.1. The zero-order valence-corrected chi connectivity index (χ0v) is 22.3. The Balaban J connectivity index is 1.52. The van der Waals surface area contributed by atoms with Gasteiger partial charge < -0.3 is 23.7 Å². The lowest BCUT2D eigenvalue weighted by atomic mass is 9.80. The second-order valence-electron chi connectivity index (χ2n) is 10.3. The molecule has 0 unspecified atom stereocenters. The minimum absolute atomic E-state index is 0.344. The maximum atomic E-state index is 12.5. The molecule has 1 aliphatic heterocycles. The summed E-state index contributed by atoms with van der Waals surface area (Å²) < 4.78 is 28.0. The molecule has 1 aliphatic carbocycles. The number of esters is 2. The number of hydrogen-bond acceptors (Lipinski definition) is 7. The number of ether oxygens (including phenoxy) is 5. The van der Waals surface area contributed by atoms with E-state index in [4.69, 9.17) is 23.7 Å². The molecule has 2 aliphatic rings. The molecule has 0 radical (unpaired) electrons. The first-order valence-corrected chi connectivity index (χ1v) is 13.4. The van der Waals surface area contributed by atoms with Gasteiger partial charge in [0.1, 0.15) is 12.4 Å². The largest absolute Gasteiger partial charge is 0.490 e. The predicted molar refractivity (Wildman–Crippen MR) is 136 cm³/mol. The van der Waals surface area contributed by atoms with Gasteiger partial charge >= 0.3 is 11.9 Å². The normalized spacial score (nSPS) is 25.0. The van der Waals surface area contributed by atoms with Crippen LogP contribution in [0.5, 0.6) is 5.75 Å². The highest BCUT2D eigenvalue weighted by molar-refractivity contribution is 5.86. The Morgan fingerprint density at radius 3 is 1.97 bits per heavy atom. The van der Waals surface area contributed by atoms with E-state index in [9.17, 15) is 9.59 Å². The van der Waals surface area contributed by atoms with Crippen LogP contribution in [0.15, 0.2) is 36.4 Å². The van der Waals surface area contributed by atoms with E-state index in [2.05, 4.69) is 19.1 Å². The van der Waals surface area contributed by atoms with Gasteiger partial charge in [0.2, 0.25) is 0 Å². The van der Waals surface area contributed by atoms with Crippen LogP contribution in [-0.2, 0) is 28.5 Å². The molecule has 1 aromatic rings. The molecule has 2 atom stereocenters. The van der Waals surface area contributed by atoms with Crippen LogP contribution in [0.2, 0.25) is 0 Å². The third-order valence-corrected chi connectivity index (χ3v) is 6.48. The second kappa shape index (κ2) is 13.8. The molecule has 7 nitrogen and oxygen atoms in total. The van der Waals surface area contributed by atoms with Gasteiger partial charge in [-0.25, -0.2) is 9.59 Å². The molecular weight excluding hydrogens is 460 g/mol. The standard InChI is InChI=1S/C29H42O7/c1-6-8-21-10-12-22(13-11-21)9-7-18-32-24-16-14-23(15-17-24)29-35-25(27(30)33-19(2)3)26(36-29)28(31)34-20(4)5/h7,9,14-17,19-22,25-26,29H,6,8,10-13,18H2,1-5H3/b9-7+/t21?,22?,25-,26-/m1/s1. The molecular formula is C29H42O7. The molecule has 0 amide bonds. The van der Waals surface area contributed by atoms with Crippen LogP contribution in [0.3, 0.4) is 0 Å². The molecule has 1 saturated carbocycles. The molecule has 7 heteroatoms. The van der Waals surface area contributed by atoms with E-state index in [0.717, 1.165) is 11.7 Å². The summed E-state index contributed by atoms with van der Waals surface area (Å²) in [6, 6.07) is 7.26. The highest BCUT2D eigenvalue weighted by Crippen LogP contribution is 2.34. The number of rotatable bonds is 11. The third kappa shape index (κ3) is 8.34. The summed E-state index contributed by atoms with van der Waals surface area (Å²) in [6.07, 6.45) is 8.30. The zero-order chi connectivity index (χ0) is 26.1. The number of carbonyl (C=O) groups excluding carboxylic acids is 2. The summed E-state index contributed by atoms with van der Waals surface area (Å²) in [5.41, 5.74) is 0.670. The van der Waals surface area contributed by atoms with E-state index in [1.807, 2.05) is 12.1 Å². The van der Waals surface area contributed by atoms with E-state index < -0.39 is 30.4 Å². The molecule has 200 valence electrons. The summed E-state index contributed by atoms with van der Waals surface area (Å²) in [5.74, 6) is 0.994. The Bertz CT molecular complexity index is 823. The van der Waals surface area contributed by atoms with Crippen molar-refractivity contribution in [2.45, 2.75) is 104 Å². The second-order valence-corrected chi connectivity index (χ2v) is 10.3. The van der Waals surface area contributed by atoms with Crippen LogP contribution in [0.25, 0.3) is 0 Å². The highest BCUT2D eigenvalue weighted by atomic mass is 16.8. The molecule has 2 fully saturated rings. The Morgan fingerprint density at radius 2 is 1.47 bits per heavy atom.